The number of hydrogen-bond acceptors (Lipinski definition) is 3. The molecule has 14 heavy (non-hydrogen) atoms. The first-order valence-corrected chi connectivity index (χ1v) is 4.20. The SMILES string of the molecule is CN1CCN(C)C(CC(=O)O)C1.Cl.Cl. The third kappa shape index (κ3) is 5.00. The smallest absolute Gasteiger partial charge is 0.304 e. The number of likely N-dealkylation sites (N-methyl/N-ethyl adjacent to an activating group) is 2. The zero-order valence-electron chi connectivity index (χ0n) is 8.47. The van der Waals surface area contributed by atoms with E-state index in [-0.39, 0.29) is 37.3 Å². The van der Waals surface area contributed by atoms with E-state index >= 15 is 0 Å². The van der Waals surface area contributed by atoms with E-state index in [4.69, 9.17) is 5.11 Å². The predicted molar refractivity (Wildman–Crippen MR) is 60.7 cm³/mol. The maximum absolute atomic E-state index is 10.5. The number of hydrogen-bond donors (Lipinski definition) is 1. The molecule has 1 aliphatic heterocycles. The lowest BCUT2D eigenvalue weighted by atomic mass is 10.1. The highest BCUT2D eigenvalue weighted by Gasteiger charge is 2.23. The standard InChI is InChI=1S/C8H16N2O2.2ClH/c1-9-3-4-10(2)7(6-9)5-8(11)12;;/h7H,3-6H2,1-2H3,(H,11,12);2*1H. The minimum Gasteiger partial charge on any atom is -0.481 e. The molecule has 0 aromatic carbocycles. The second kappa shape index (κ2) is 7.29. The summed E-state index contributed by atoms with van der Waals surface area (Å²) in [4.78, 5) is 14.8. The van der Waals surface area contributed by atoms with Crippen LogP contribution in [0.2, 0.25) is 0 Å². The second-order valence-corrected chi connectivity index (χ2v) is 3.49. The molecule has 0 saturated carbocycles. The maximum Gasteiger partial charge on any atom is 0.304 e. The number of carbonyl (C=O) groups is 1. The van der Waals surface area contributed by atoms with Gasteiger partial charge in [0.05, 0.1) is 6.42 Å². The Hall–Kier alpha value is -0.0300. The monoisotopic (exact) mass is 244 g/mol. The topological polar surface area (TPSA) is 43.8 Å². The highest BCUT2D eigenvalue weighted by atomic mass is 35.5. The molecule has 1 atom stereocenters. The molecule has 1 rings (SSSR count). The van der Waals surface area contributed by atoms with Crippen LogP contribution in [0.1, 0.15) is 6.42 Å². The van der Waals surface area contributed by atoms with E-state index in [1.807, 2.05) is 14.1 Å². The second-order valence-electron chi connectivity index (χ2n) is 3.49. The van der Waals surface area contributed by atoms with Gasteiger partial charge in [-0.3, -0.25) is 4.79 Å². The number of nitrogens with zero attached hydrogens (tertiary/aromatic N) is 2. The first kappa shape index (κ1) is 16.4. The Labute approximate surface area is 97.1 Å². The average Bonchev–Trinajstić information content (AvgIpc) is 1.96. The van der Waals surface area contributed by atoms with Gasteiger partial charge in [-0.2, -0.15) is 0 Å². The Balaban J connectivity index is 0. The van der Waals surface area contributed by atoms with Gasteiger partial charge in [-0.1, -0.05) is 0 Å². The van der Waals surface area contributed by atoms with Crippen molar-refractivity contribution in [3.05, 3.63) is 0 Å². The summed E-state index contributed by atoms with van der Waals surface area (Å²) in [6, 6.07) is 0.182. The molecule has 0 amide bonds. The Morgan fingerprint density at radius 3 is 2.43 bits per heavy atom. The minimum atomic E-state index is -0.706. The first-order chi connectivity index (χ1) is 5.59. The van der Waals surface area contributed by atoms with Gasteiger partial charge in [-0.05, 0) is 14.1 Å². The van der Waals surface area contributed by atoms with E-state index in [1.54, 1.807) is 0 Å². The van der Waals surface area contributed by atoms with Crippen molar-refractivity contribution in [1.82, 2.24) is 9.80 Å². The zero-order valence-corrected chi connectivity index (χ0v) is 10.1. The van der Waals surface area contributed by atoms with Gasteiger partial charge in [0.1, 0.15) is 0 Å². The third-order valence-corrected chi connectivity index (χ3v) is 2.39. The summed E-state index contributed by atoms with van der Waals surface area (Å²) in [6.45, 7) is 2.86. The molecule has 1 heterocycles. The van der Waals surface area contributed by atoms with Crippen LogP contribution in [0.5, 0.6) is 0 Å². The molecular weight excluding hydrogens is 227 g/mol. The Kier molecular flexibility index (Phi) is 8.54. The summed E-state index contributed by atoms with van der Waals surface area (Å²) in [7, 11) is 4.02. The fourth-order valence-corrected chi connectivity index (χ4v) is 1.52. The Morgan fingerprint density at radius 1 is 1.36 bits per heavy atom. The number of carboxylic acid groups (broad SMARTS) is 1. The van der Waals surface area contributed by atoms with E-state index in [2.05, 4.69) is 9.80 Å². The molecule has 0 radical (unpaired) electrons. The van der Waals surface area contributed by atoms with Crippen molar-refractivity contribution in [2.45, 2.75) is 12.5 Å². The van der Waals surface area contributed by atoms with Gasteiger partial charge < -0.3 is 14.9 Å². The lowest BCUT2D eigenvalue weighted by Gasteiger charge is -2.36. The van der Waals surface area contributed by atoms with Gasteiger partial charge in [-0.25, -0.2) is 0 Å². The number of rotatable bonds is 2. The molecule has 0 aromatic heterocycles. The molecule has 4 nitrogen and oxygen atoms in total. The van der Waals surface area contributed by atoms with Crippen molar-refractivity contribution in [2.24, 2.45) is 0 Å². The largest absolute Gasteiger partial charge is 0.481 e. The molecule has 0 aliphatic carbocycles. The van der Waals surface area contributed by atoms with Crippen LogP contribution in [0.4, 0.5) is 0 Å². The van der Waals surface area contributed by atoms with Crippen LogP contribution in [0, 0.1) is 0 Å². The quantitative estimate of drug-likeness (QED) is 0.771. The lowest BCUT2D eigenvalue weighted by Crippen LogP contribution is -2.50. The van der Waals surface area contributed by atoms with Gasteiger partial charge >= 0.3 is 5.97 Å². The molecule has 1 unspecified atom stereocenters. The summed E-state index contributed by atoms with van der Waals surface area (Å²) >= 11 is 0. The molecular formula is C8H18Cl2N2O2. The number of aliphatic carboxylic acids is 1. The molecule has 1 N–H and O–H groups in total. The van der Waals surface area contributed by atoms with E-state index in [9.17, 15) is 4.79 Å². The molecule has 0 bridgehead atoms. The number of carboxylic acids is 1. The average molecular weight is 245 g/mol. The molecule has 1 fully saturated rings. The van der Waals surface area contributed by atoms with Crippen molar-refractivity contribution in [1.29, 1.82) is 0 Å². The van der Waals surface area contributed by atoms with Crippen molar-refractivity contribution in [3.63, 3.8) is 0 Å². The molecule has 86 valence electrons. The van der Waals surface area contributed by atoms with Gasteiger partial charge in [0.15, 0.2) is 0 Å². The highest BCUT2D eigenvalue weighted by Crippen LogP contribution is 2.08. The van der Waals surface area contributed by atoms with Crippen LogP contribution in [-0.2, 0) is 4.79 Å². The van der Waals surface area contributed by atoms with Gasteiger partial charge in [0, 0.05) is 25.7 Å². The Morgan fingerprint density at radius 2 is 1.93 bits per heavy atom. The highest BCUT2D eigenvalue weighted by molar-refractivity contribution is 5.85. The van der Waals surface area contributed by atoms with Gasteiger partial charge in [0.2, 0.25) is 0 Å². The summed E-state index contributed by atoms with van der Waals surface area (Å²) in [5, 5.41) is 8.62. The van der Waals surface area contributed by atoms with Gasteiger partial charge in [-0.15, -0.1) is 24.8 Å². The van der Waals surface area contributed by atoms with E-state index in [0.717, 1.165) is 19.6 Å². The zero-order chi connectivity index (χ0) is 9.14. The third-order valence-electron chi connectivity index (χ3n) is 2.39. The van der Waals surface area contributed by atoms with Crippen LogP contribution in [0.3, 0.4) is 0 Å². The van der Waals surface area contributed by atoms with E-state index in [1.165, 1.54) is 0 Å². The molecule has 0 aromatic rings. The van der Waals surface area contributed by atoms with E-state index in [0.29, 0.717) is 0 Å². The van der Waals surface area contributed by atoms with Crippen LogP contribution < -0.4 is 0 Å². The summed E-state index contributed by atoms with van der Waals surface area (Å²) in [5.74, 6) is -0.706. The van der Waals surface area contributed by atoms with Crippen LogP contribution in [0.25, 0.3) is 0 Å². The van der Waals surface area contributed by atoms with E-state index < -0.39 is 5.97 Å². The minimum absolute atomic E-state index is 0. The summed E-state index contributed by atoms with van der Waals surface area (Å²) < 4.78 is 0. The molecule has 6 heteroatoms. The maximum atomic E-state index is 10.5. The number of halogens is 2. The van der Waals surface area contributed by atoms with Crippen LogP contribution in [0.15, 0.2) is 0 Å². The van der Waals surface area contributed by atoms with Crippen molar-refractivity contribution in [3.8, 4) is 0 Å². The Bertz CT molecular complexity index is 181. The van der Waals surface area contributed by atoms with Crippen LogP contribution >= 0.6 is 24.8 Å². The van der Waals surface area contributed by atoms with Crippen molar-refractivity contribution >= 4 is 30.8 Å². The molecule has 0 spiro atoms. The molecule has 1 saturated heterocycles. The number of piperazine rings is 1. The van der Waals surface area contributed by atoms with Gasteiger partial charge in [0.25, 0.3) is 0 Å². The molecule has 1 aliphatic rings. The predicted octanol–water partition coefficient (Wildman–Crippen LogP) is 0.550. The normalized spacial score (nSPS) is 23.4. The summed E-state index contributed by atoms with van der Waals surface area (Å²) in [6.07, 6.45) is 0.251. The fraction of sp³-hybridized carbons (Fsp3) is 0.875. The van der Waals surface area contributed by atoms with Crippen molar-refractivity contribution in [2.75, 3.05) is 33.7 Å². The van der Waals surface area contributed by atoms with Crippen molar-refractivity contribution < 1.29 is 9.90 Å². The summed E-state index contributed by atoms with van der Waals surface area (Å²) in [5.41, 5.74) is 0. The van der Waals surface area contributed by atoms with Crippen LogP contribution in [-0.4, -0.2) is 60.6 Å². The first-order valence-electron chi connectivity index (χ1n) is 4.20. The lowest BCUT2D eigenvalue weighted by molar-refractivity contribution is -0.138. The fourth-order valence-electron chi connectivity index (χ4n) is 1.52.